The summed E-state index contributed by atoms with van der Waals surface area (Å²) in [4.78, 5) is 14.9. The third-order valence-corrected chi connectivity index (χ3v) is 4.11. The molecule has 0 bridgehead atoms. The summed E-state index contributed by atoms with van der Waals surface area (Å²) in [5, 5.41) is 18.8. The predicted octanol–water partition coefficient (Wildman–Crippen LogP) is 4.77. The number of nitrogens with zero attached hydrogens (tertiary/aromatic N) is 2. The summed E-state index contributed by atoms with van der Waals surface area (Å²) in [7, 11) is 1.55. The normalized spacial score (nSPS) is 11.3. The highest BCUT2D eigenvalue weighted by Crippen LogP contribution is 2.38. The monoisotopic (exact) mass is 343 g/mol. The first-order valence-corrected chi connectivity index (χ1v) is 7.49. The van der Waals surface area contributed by atoms with E-state index in [0.717, 1.165) is 5.56 Å². The van der Waals surface area contributed by atoms with Crippen LogP contribution in [0.25, 0.3) is 10.9 Å². The number of carbonyl (C=O) groups is 1. The first-order valence-electron chi connectivity index (χ1n) is 7.11. The van der Waals surface area contributed by atoms with E-state index < -0.39 is 5.91 Å². The number of aromatic nitrogens is 1. The smallest absolute Gasteiger partial charge is 0.295 e. The van der Waals surface area contributed by atoms with Gasteiger partial charge < -0.3 is 14.8 Å². The number of hydrogen-bond donors (Lipinski definition) is 2. The molecular formula is C17H14ClN3O3. The van der Waals surface area contributed by atoms with Gasteiger partial charge in [0.2, 0.25) is 5.88 Å². The Morgan fingerprint density at radius 1 is 1.21 bits per heavy atom. The van der Waals surface area contributed by atoms with Crippen LogP contribution >= 0.6 is 11.6 Å². The van der Waals surface area contributed by atoms with Gasteiger partial charge >= 0.3 is 0 Å². The second-order valence-electron chi connectivity index (χ2n) is 5.15. The van der Waals surface area contributed by atoms with Crippen LogP contribution in [-0.2, 0) is 0 Å². The van der Waals surface area contributed by atoms with Gasteiger partial charge in [0, 0.05) is 16.0 Å². The van der Waals surface area contributed by atoms with Gasteiger partial charge in [-0.2, -0.15) is 0 Å². The molecule has 1 amide bonds. The summed E-state index contributed by atoms with van der Waals surface area (Å²) in [5.41, 5.74) is 2.02. The molecule has 0 aliphatic heterocycles. The van der Waals surface area contributed by atoms with Crippen molar-refractivity contribution >= 4 is 34.1 Å². The van der Waals surface area contributed by atoms with Crippen molar-refractivity contribution in [1.29, 1.82) is 0 Å². The van der Waals surface area contributed by atoms with E-state index in [9.17, 15) is 9.90 Å². The van der Waals surface area contributed by atoms with Gasteiger partial charge in [-0.15, -0.1) is 10.2 Å². The molecule has 0 spiro atoms. The molecule has 0 aliphatic rings. The molecule has 122 valence electrons. The number of ether oxygens (including phenoxy) is 1. The molecule has 3 rings (SSSR count). The molecule has 0 saturated heterocycles. The molecule has 7 heteroatoms. The number of aromatic hydroxyl groups is 1. The Hall–Kier alpha value is -2.86. The lowest BCUT2D eigenvalue weighted by molar-refractivity contribution is 0.0995. The third kappa shape index (κ3) is 2.83. The molecular weight excluding hydrogens is 330 g/mol. The molecule has 24 heavy (non-hydrogen) atoms. The highest BCUT2D eigenvalue weighted by atomic mass is 35.5. The summed E-state index contributed by atoms with van der Waals surface area (Å²) in [5.74, 6) is -0.0381. The van der Waals surface area contributed by atoms with Gasteiger partial charge in [0.15, 0.2) is 5.69 Å². The molecule has 1 heterocycles. The van der Waals surface area contributed by atoms with Crippen molar-refractivity contribution in [2.45, 2.75) is 6.92 Å². The number of nitrogens with one attached hydrogen (secondary N) is 1. The SMILES string of the molecule is COc1ccc(C(=O)N=Nc2c(O)[nH]c3c(C)c(Cl)ccc23)cc1. The van der Waals surface area contributed by atoms with E-state index in [1.807, 2.05) is 6.92 Å². The summed E-state index contributed by atoms with van der Waals surface area (Å²) in [6.07, 6.45) is 0. The Balaban J connectivity index is 1.94. The maximum atomic E-state index is 12.1. The second-order valence-corrected chi connectivity index (χ2v) is 5.56. The number of amides is 1. The highest BCUT2D eigenvalue weighted by molar-refractivity contribution is 6.32. The summed E-state index contributed by atoms with van der Waals surface area (Å²) in [6, 6.07) is 9.94. The number of hydrogen-bond acceptors (Lipinski definition) is 4. The van der Waals surface area contributed by atoms with E-state index in [4.69, 9.17) is 16.3 Å². The third-order valence-electron chi connectivity index (χ3n) is 3.70. The molecule has 6 nitrogen and oxygen atoms in total. The maximum absolute atomic E-state index is 12.1. The number of aryl methyl sites for hydroxylation is 1. The van der Waals surface area contributed by atoms with Crippen LogP contribution in [-0.4, -0.2) is 23.1 Å². The second kappa shape index (κ2) is 6.33. The largest absolute Gasteiger partial charge is 0.497 e. The van der Waals surface area contributed by atoms with E-state index in [1.165, 1.54) is 0 Å². The lowest BCUT2D eigenvalue weighted by Gasteiger charge is -1.99. The van der Waals surface area contributed by atoms with Gasteiger partial charge in [0.25, 0.3) is 5.91 Å². The van der Waals surface area contributed by atoms with E-state index >= 15 is 0 Å². The van der Waals surface area contributed by atoms with Gasteiger partial charge in [-0.25, -0.2) is 0 Å². The summed E-state index contributed by atoms with van der Waals surface area (Å²) >= 11 is 6.06. The Morgan fingerprint density at radius 3 is 2.58 bits per heavy atom. The van der Waals surface area contributed by atoms with Crippen molar-refractivity contribution < 1.29 is 14.6 Å². The highest BCUT2D eigenvalue weighted by Gasteiger charge is 2.14. The number of aromatic amines is 1. The van der Waals surface area contributed by atoms with Crippen molar-refractivity contribution in [3.8, 4) is 11.6 Å². The summed E-state index contributed by atoms with van der Waals surface area (Å²) in [6.45, 7) is 1.82. The summed E-state index contributed by atoms with van der Waals surface area (Å²) < 4.78 is 5.04. The number of methoxy groups -OCH3 is 1. The molecule has 0 atom stereocenters. The minimum absolute atomic E-state index is 0.165. The van der Waals surface area contributed by atoms with Crippen LogP contribution in [0, 0.1) is 6.92 Å². The van der Waals surface area contributed by atoms with Crippen LogP contribution in [0.2, 0.25) is 5.02 Å². The van der Waals surface area contributed by atoms with Crippen molar-refractivity contribution in [2.24, 2.45) is 10.2 Å². The topological polar surface area (TPSA) is 87.0 Å². The number of halogens is 1. The predicted molar refractivity (Wildman–Crippen MR) is 91.6 cm³/mol. The first kappa shape index (κ1) is 16.0. The Bertz CT molecular complexity index is 946. The van der Waals surface area contributed by atoms with E-state index in [1.54, 1.807) is 43.5 Å². The molecule has 1 aromatic heterocycles. The average Bonchev–Trinajstić information content (AvgIpc) is 2.92. The van der Waals surface area contributed by atoms with Crippen molar-refractivity contribution in [1.82, 2.24) is 4.98 Å². The fourth-order valence-corrected chi connectivity index (χ4v) is 2.50. The molecule has 0 fully saturated rings. The average molecular weight is 344 g/mol. The Morgan fingerprint density at radius 2 is 1.92 bits per heavy atom. The molecule has 3 aromatic rings. The minimum Gasteiger partial charge on any atom is -0.497 e. The van der Waals surface area contributed by atoms with Gasteiger partial charge in [-0.3, -0.25) is 4.79 Å². The van der Waals surface area contributed by atoms with Crippen molar-refractivity contribution in [3.05, 3.63) is 52.5 Å². The lowest BCUT2D eigenvalue weighted by Crippen LogP contribution is -1.93. The number of fused-ring (bicyclic) bond motifs is 1. The fourth-order valence-electron chi connectivity index (χ4n) is 2.34. The molecule has 0 radical (unpaired) electrons. The quantitative estimate of drug-likeness (QED) is 0.671. The molecule has 0 aliphatic carbocycles. The van der Waals surface area contributed by atoms with Crippen LogP contribution in [0.15, 0.2) is 46.6 Å². The number of benzene rings is 2. The van der Waals surface area contributed by atoms with Gasteiger partial charge in [0.1, 0.15) is 5.75 Å². The minimum atomic E-state index is -0.517. The molecule has 0 saturated carbocycles. The zero-order chi connectivity index (χ0) is 17.3. The van der Waals surface area contributed by atoms with Gasteiger partial charge in [0.05, 0.1) is 12.6 Å². The maximum Gasteiger partial charge on any atom is 0.295 e. The van der Waals surface area contributed by atoms with E-state index in [-0.39, 0.29) is 11.6 Å². The molecule has 2 aromatic carbocycles. The fraction of sp³-hybridized carbons (Fsp3) is 0.118. The Labute approximate surface area is 142 Å². The first-order chi connectivity index (χ1) is 11.5. The van der Waals surface area contributed by atoms with Crippen LogP contribution in [0.4, 0.5) is 5.69 Å². The van der Waals surface area contributed by atoms with Crippen molar-refractivity contribution in [3.63, 3.8) is 0 Å². The van der Waals surface area contributed by atoms with Gasteiger partial charge in [-0.1, -0.05) is 11.6 Å². The van der Waals surface area contributed by atoms with Crippen LogP contribution < -0.4 is 4.74 Å². The molecule has 0 unspecified atom stereocenters. The van der Waals surface area contributed by atoms with E-state index in [2.05, 4.69) is 15.2 Å². The lowest BCUT2D eigenvalue weighted by atomic mass is 10.1. The van der Waals surface area contributed by atoms with Crippen LogP contribution in [0.1, 0.15) is 15.9 Å². The number of azo groups is 1. The number of H-pyrrole nitrogens is 1. The standard InChI is InChI=1S/C17H14ClN3O3/c1-9-13(18)8-7-12-14(9)19-17(23)15(12)20-21-16(22)10-3-5-11(24-2)6-4-10/h3-8,19,23H,1-2H3. The van der Waals surface area contributed by atoms with E-state index in [0.29, 0.717) is 27.2 Å². The number of carbonyl (C=O) groups excluding carboxylic acids is 1. The van der Waals surface area contributed by atoms with Crippen LogP contribution in [0.5, 0.6) is 11.6 Å². The number of rotatable bonds is 3. The zero-order valence-corrected chi connectivity index (χ0v) is 13.8. The zero-order valence-electron chi connectivity index (χ0n) is 13.0. The Kier molecular flexibility index (Phi) is 4.22. The van der Waals surface area contributed by atoms with Crippen molar-refractivity contribution in [2.75, 3.05) is 7.11 Å². The van der Waals surface area contributed by atoms with Crippen LogP contribution in [0.3, 0.4) is 0 Å². The molecule has 2 N–H and O–H groups in total. The van der Waals surface area contributed by atoms with Gasteiger partial charge in [-0.05, 0) is 48.9 Å².